The van der Waals surface area contributed by atoms with E-state index < -0.39 is 36.3 Å². The summed E-state index contributed by atoms with van der Waals surface area (Å²) in [7, 11) is 0. The van der Waals surface area contributed by atoms with E-state index in [2.05, 4.69) is 28.1 Å². The number of nitrogens with one attached hydrogen (secondary N) is 3. The van der Waals surface area contributed by atoms with Crippen molar-refractivity contribution in [3.8, 4) is 11.1 Å². The molecule has 4 N–H and O–H groups in total. The van der Waals surface area contributed by atoms with Gasteiger partial charge in [0.05, 0.1) is 12.5 Å². The highest BCUT2D eigenvalue weighted by Crippen LogP contribution is 2.44. The number of alkyl carbamates (subject to hydrolysis) is 1. The zero-order chi connectivity index (χ0) is 24.5. The molecule has 1 aliphatic rings. The number of ether oxygens (including phenoxy) is 1. The molecule has 1 aliphatic carbocycles. The smallest absolute Gasteiger partial charge is 0.407 e. The van der Waals surface area contributed by atoms with Crippen LogP contribution in [0, 0.1) is 5.92 Å². The van der Waals surface area contributed by atoms with E-state index in [0.29, 0.717) is 12.8 Å². The molecule has 9 nitrogen and oxygen atoms in total. The fourth-order valence-electron chi connectivity index (χ4n) is 4.08. The molecule has 2 aromatic carbocycles. The van der Waals surface area contributed by atoms with Crippen molar-refractivity contribution >= 4 is 23.9 Å². The molecule has 1 atom stereocenters. The van der Waals surface area contributed by atoms with Crippen LogP contribution in [0.15, 0.2) is 48.5 Å². The zero-order valence-corrected chi connectivity index (χ0v) is 19.0. The lowest BCUT2D eigenvalue weighted by atomic mass is 9.98. The Bertz CT molecular complexity index is 1010. The van der Waals surface area contributed by atoms with E-state index in [-0.39, 0.29) is 25.6 Å². The Hall–Kier alpha value is -3.88. The number of carboxylic acid groups (broad SMARTS) is 1. The van der Waals surface area contributed by atoms with Crippen LogP contribution >= 0.6 is 0 Å². The zero-order valence-electron chi connectivity index (χ0n) is 19.0. The van der Waals surface area contributed by atoms with Crippen molar-refractivity contribution in [3.05, 3.63) is 59.7 Å². The first kappa shape index (κ1) is 24.8. The summed E-state index contributed by atoms with van der Waals surface area (Å²) < 4.78 is 5.50. The molecule has 0 bridgehead atoms. The van der Waals surface area contributed by atoms with Gasteiger partial charge in [-0.3, -0.25) is 14.4 Å². The highest BCUT2D eigenvalue weighted by Gasteiger charge is 2.29. The number of carboxylic acids is 1. The van der Waals surface area contributed by atoms with Gasteiger partial charge in [0.25, 0.3) is 0 Å². The predicted octanol–water partition coefficient (Wildman–Crippen LogP) is 2.26. The van der Waals surface area contributed by atoms with E-state index in [9.17, 15) is 19.2 Å². The monoisotopic (exact) mass is 467 g/mol. The highest BCUT2D eigenvalue weighted by atomic mass is 16.5. The van der Waals surface area contributed by atoms with Crippen LogP contribution in [0.1, 0.15) is 36.8 Å². The molecule has 0 saturated heterocycles. The number of hydrogen-bond donors (Lipinski definition) is 4. The molecule has 0 aromatic heterocycles. The number of rotatable bonds is 11. The Kier molecular flexibility index (Phi) is 8.61. The summed E-state index contributed by atoms with van der Waals surface area (Å²) in [6.07, 6.45) is 0.594. The predicted molar refractivity (Wildman–Crippen MR) is 125 cm³/mol. The van der Waals surface area contributed by atoms with Crippen molar-refractivity contribution in [2.45, 2.75) is 25.7 Å². The standard InChI is InChI=1S/C25H29N3O6/c1-2-7-16(24(32)27-13-22(29)26-14-23(30)31)12-28-25(33)34-15-21-19-10-5-3-8-17(19)18-9-4-6-11-20(18)21/h3-6,8-11,16,21H,2,7,12-15H2,1H3,(H,26,29)(H,27,32)(H,28,33)(H,30,31). The quantitative estimate of drug-likeness (QED) is 0.401. The normalized spacial score (nSPS) is 12.7. The summed E-state index contributed by atoms with van der Waals surface area (Å²) in [6, 6.07) is 16.1. The topological polar surface area (TPSA) is 134 Å². The Morgan fingerprint density at radius 3 is 2.12 bits per heavy atom. The van der Waals surface area contributed by atoms with Crippen LogP contribution in [0.5, 0.6) is 0 Å². The van der Waals surface area contributed by atoms with Gasteiger partial charge in [0.1, 0.15) is 13.2 Å². The van der Waals surface area contributed by atoms with Gasteiger partial charge in [-0.05, 0) is 28.7 Å². The lowest BCUT2D eigenvalue weighted by Gasteiger charge is -2.18. The van der Waals surface area contributed by atoms with Gasteiger partial charge in [-0.15, -0.1) is 0 Å². The number of carbonyl (C=O) groups is 4. The number of hydrogen-bond acceptors (Lipinski definition) is 5. The maximum atomic E-state index is 12.4. The van der Waals surface area contributed by atoms with Gasteiger partial charge in [-0.2, -0.15) is 0 Å². The van der Waals surface area contributed by atoms with E-state index in [1.807, 2.05) is 43.3 Å². The maximum Gasteiger partial charge on any atom is 0.407 e. The van der Waals surface area contributed by atoms with Crippen LogP contribution in [0.3, 0.4) is 0 Å². The Morgan fingerprint density at radius 1 is 0.912 bits per heavy atom. The Balaban J connectivity index is 1.50. The first-order valence-electron chi connectivity index (χ1n) is 11.3. The van der Waals surface area contributed by atoms with E-state index in [0.717, 1.165) is 22.3 Å². The summed E-state index contributed by atoms with van der Waals surface area (Å²) in [5.41, 5.74) is 4.50. The van der Waals surface area contributed by atoms with Crippen LogP contribution in [0.2, 0.25) is 0 Å². The molecule has 0 spiro atoms. The maximum absolute atomic E-state index is 12.4. The van der Waals surface area contributed by atoms with Crippen molar-refractivity contribution in [2.24, 2.45) is 5.92 Å². The van der Waals surface area contributed by atoms with Gasteiger partial charge in [0.15, 0.2) is 0 Å². The largest absolute Gasteiger partial charge is 0.480 e. The number of amides is 3. The molecular formula is C25H29N3O6. The summed E-state index contributed by atoms with van der Waals surface area (Å²) >= 11 is 0. The molecule has 9 heteroatoms. The molecule has 0 fully saturated rings. The minimum atomic E-state index is -1.17. The second-order valence-electron chi connectivity index (χ2n) is 8.08. The van der Waals surface area contributed by atoms with E-state index in [1.54, 1.807) is 0 Å². The number of fused-ring (bicyclic) bond motifs is 3. The molecule has 0 aliphatic heterocycles. The van der Waals surface area contributed by atoms with Crippen LogP contribution in [-0.4, -0.2) is 55.2 Å². The van der Waals surface area contributed by atoms with Crippen LogP contribution in [-0.2, 0) is 19.1 Å². The average Bonchev–Trinajstić information content (AvgIpc) is 3.16. The van der Waals surface area contributed by atoms with Gasteiger partial charge < -0.3 is 25.8 Å². The van der Waals surface area contributed by atoms with E-state index >= 15 is 0 Å². The van der Waals surface area contributed by atoms with Crippen molar-refractivity contribution in [2.75, 3.05) is 26.2 Å². The Labute approximate surface area is 197 Å². The van der Waals surface area contributed by atoms with Crippen molar-refractivity contribution in [1.82, 2.24) is 16.0 Å². The molecule has 180 valence electrons. The van der Waals surface area contributed by atoms with Crippen LogP contribution < -0.4 is 16.0 Å². The fourth-order valence-corrected chi connectivity index (χ4v) is 4.08. The lowest BCUT2D eigenvalue weighted by molar-refractivity contribution is -0.137. The van der Waals surface area contributed by atoms with E-state index in [4.69, 9.17) is 9.84 Å². The molecule has 3 rings (SSSR count). The molecule has 1 unspecified atom stereocenters. The molecule has 3 amide bonds. The molecule has 0 heterocycles. The second kappa shape index (κ2) is 11.8. The van der Waals surface area contributed by atoms with Crippen LogP contribution in [0.4, 0.5) is 4.79 Å². The third kappa shape index (κ3) is 6.34. The van der Waals surface area contributed by atoms with Crippen molar-refractivity contribution in [1.29, 1.82) is 0 Å². The van der Waals surface area contributed by atoms with Crippen molar-refractivity contribution < 1.29 is 29.0 Å². The number of benzene rings is 2. The van der Waals surface area contributed by atoms with Crippen LogP contribution in [0.25, 0.3) is 11.1 Å². The summed E-state index contributed by atoms with van der Waals surface area (Å²) in [5, 5.41) is 15.9. The minimum Gasteiger partial charge on any atom is -0.480 e. The third-order valence-corrected chi connectivity index (χ3v) is 5.70. The molecule has 2 aromatic rings. The SMILES string of the molecule is CCCC(CNC(=O)OCC1c2ccccc2-c2ccccc21)C(=O)NCC(=O)NCC(=O)O. The van der Waals surface area contributed by atoms with E-state index in [1.165, 1.54) is 0 Å². The first-order valence-corrected chi connectivity index (χ1v) is 11.3. The number of aliphatic carboxylic acids is 1. The van der Waals surface area contributed by atoms with Gasteiger partial charge in [-0.25, -0.2) is 4.79 Å². The number of carbonyl (C=O) groups excluding carboxylic acids is 3. The van der Waals surface area contributed by atoms with Gasteiger partial charge in [0, 0.05) is 12.5 Å². The lowest BCUT2D eigenvalue weighted by Crippen LogP contribution is -2.43. The average molecular weight is 468 g/mol. The fraction of sp³-hybridized carbons (Fsp3) is 0.360. The molecule has 34 heavy (non-hydrogen) atoms. The Morgan fingerprint density at radius 2 is 1.53 bits per heavy atom. The highest BCUT2D eigenvalue weighted by molar-refractivity contribution is 5.87. The molecular weight excluding hydrogens is 438 g/mol. The van der Waals surface area contributed by atoms with Gasteiger partial charge >= 0.3 is 12.1 Å². The minimum absolute atomic E-state index is 0.0581. The van der Waals surface area contributed by atoms with Gasteiger partial charge in [0.2, 0.25) is 11.8 Å². The summed E-state index contributed by atoms with van der Waals surface area (Å²) in [4.78, 5) is 46.9. The third-order valence-electron chi connectivity index (χ3n) is 5.70. The second-order valence-corrected chi connectivity index (χ2v) is 8.08. The molecule has 0 saturated carbocycles. The summed E-state index contributed by atoms with van der Waals surface area (Å²) in [5.74, 6) is -2.77. The first-order chi connectivity index (χ1) is 16.4. The van der Waals surface area contributed by atoms with Gasteiger partial charge in [-0.1, -0.05) is 61.9 Å². The summed E-state index contributed by atoms with van der Waals surface area (Å²) in [6.45, 7) is 1.29. The van der Waals surface area contributed by atoms with Crippen molar-refractivity contribution in [3.63, 3.8) is 0 Å². The molecule has 0 radical (unpaired) electrons.